The van der Waals surface area contributed by atoms with E-state index in [0.29, 0.717) is 43.0 Å². The summed E-state index contributed by atoms with van der Waals surface area (Å²) in [4.78, 5) is 15.0. The van der Waals surface area contributed by atoms with Crippen molar-refractivity contribution in [3.05, 3.63) is 30.3 Å². The van der Waals surface area contributed by atoms with Gasteiger partial charge in [-0.15, -0.1) is 0 Å². The van der Waals surface area contributed by atoms with E-state index in [-0.39, 0.29) is 11.9 Å². The van der Waals surface area contributed by atoms with E-state index in [1.54, 1.807) is 24.3 Å². The van der Waals surface area contributed by atoms with Crippen molar-refractivity contribution < 1.29 is 13.2 Å². The van der Waals surface area contributed by atoms with Crippen LogP contribution in [0.5, 0.6) is 0 Å². The third-order valence-corrected chi connectivity index (χ3v) is 8.01. The molecule has 2 aliphatic heterocycles. The van der Waals surface area contributed by atoms with Gasteiger partial charge >= 0.3 is 0 Å². The van der Waals surface area contributed by atoms with Crippen molar-refractivity contribution in [2.24, 2.45) is 5.92 Å². The van der Waals surface area contributed by atoms with E-state index in [4.69, 9.17) is 0 Å². The van der Waals surface area contributed by atoms with Gasteiger partial charge in [0.15, 0.2) is 0 Å². The van der Waals surface area contributed by atoms with Crippen molar-refractivity contribution in [3.8, 4) is 0 Å². The maximum Gasteiger partial charge on any atom is 0.243 e. The summed E-state index contributed by atoms with van der Waals surface area (Å²) in [7, 11) is -3.47. The number of fused-ring (bicyclic) bond motifs is 1. The van der Waals surface area contributed by atoms with E-state index in [1.807, 2.05) is 11.0 Å². The quantitative estimate of drug-likeness (QED) is 0.865. The molecular weight excluding hydrogens is 350 g/mol. The van der Waals surface area contributed by atoms with Crippen molar-refractivity contribution >= 4 is 15.9 Å². The van der Waals surface area contributed by atoms with Gasteiger partial charge in [0.1, 0.15) is 0 Å². The first-order chi connectivity index (χ1) is 12.6. The molecule has 1 amide bonds. The summed E-state index contributed by atoms with van der Waals surface area (Å²) >= 11 is 0. The van der Waals surface area contributed by atoms with Crippen LogP contribution < -0.4 is 5.32 Å². The summed E-state index contributed by atoms with van der Waals surface area (Å²) in [5, 5.41) is 3.53. The minimum Gasteiger partial charge on any atom is -0.339 e. The van der Waals surface area contributed by atoms with Gasteiger partial charge in [-0.25, -0.2) is 8.42 Å². The number of carbonyl (C=O) groups excluding carboxylic acids is 1. The van der Waals surface area contributed by atoms with Gasteiger partial charge in [0.05, 0.1) is 10.9 Å². The average molecular weight is 378 g/mol. The van der Waals surface area contributed by atoms with Crippen molar-refractivity contribution in [1.29, 1.82) is 0 Å². The number of hydrogen-bond acceptors (Lipinski definition) is 4. The van der Waals surface area contributed by atoms with Crippen molar-refractivity contribution in [2.75, 3.05) is 26.2 Å². The highest BCUT2D eigenvalue weighted by Gasteiger charge is 2.40. The van der Waals surface area contributed by atoms with Gasteiger partial charge in [0.2, 0.25) is 15.9 Å². The standard InChI is InChI=1S/C19H27N3O3S/c23-19(18-14-15-6-4-5-9-17(15)20-18)21-10-12-22(13-11-21)26(24,25)16-7-2-1-3-8-16/h1-3,7-8,15,17-18,20H,4-6,9-14H2. The third kappa shape index (κ3) is 3.40. The second-order valence-corrected chi connectivity index (χ2v) is 9.59. The lowest BCUT2D eigenvalue weighted by molar-refractivity contribution is -0.134. The van der Waals surface area contributed by atoms with Crippen LogP contribution in [0, 0.1) is 5.92 Å². The van der Waals surface area contributed by atoms with Crippen molar-refractivity contribution in [3.63, 3.8) is 0 Å². The molecule has 4 rings (SSSR count). The SMILES string of the molecule is O=C(C1CC2CCCCC2N1)N1CCN(S(=O)(=O)c2ccccc2)CC1. The molecule has 6 nitrogen and oxygen atoms in total. The number of amides is 1. The zero-order valence-corrected chi connectivity index (χ0v) is 15.8. The van der Waals surface area contributed by atoms with E-state index >= 15 is 0 Å². The lowest BCUT2D eigenvalue weighted by Gasteiger charge is -2.35. The molecule has 3 fully saturated rings. The minimum absolute atomic E-state index is 0.0830. The molecule has 3 atom stereocenters. The average Bonchev–Trinajstić information content (AvgIpc) is 3.12. The molecule has 1 aromatic carbocycles. The zero-order chi connectivity index (χ0) is 18.1. The molecule has 7 heteroatoms. The molecule has 142 valence electrons. The van der Waals surface area contributed by atoms with Crippen LogP contribution in [0.25, 0.3) is 0 Å². The highest BCUT2D eigenvalue weighted by molar-refractivity contribution is 7.89. The van der Waals surface area contributed by atoms with E-state index < -0.39 is 10.0 Å². The normalized spacial score (nSPS) is 30.2. The molecule has 1 aromatic rings. The van der Waals surface area contributed by atoms with Crippen LogP contribution in [0.3, 0.4) is 0 Å². The zero-order valence-electron chi connectivity index (χ0n) is 15.0. The number of piperazine rings is 1. The predicted octanol–water partition coefficient (Wildman–Crippen LogP) is 1.44. The van der Waals surface area contributed by atoms with Crippen LogP contribution >= 0.6 is 0 Å². The van der Waals surface area contributed by atoms with Crippen molar-refractivity contribution in [2.45, 2.75) is 49.1 Å². The second-order valence-electron chi connectivity index (χ2n) is 7.65. The summed E-state index contributed by atoms with van der Waals surface area (Å²) in [5.74, 6) is 0.786. The Balaban J connectivity index is 1.36. The molecule has 2 heterocycles. The minimum atomic E-state index is -3.47. The number of carbonyl (C=O) groups is 1. The monoisotopic (exact) mass is 377 g/mol. The first kappa shape index (κ1) is 17.9. The first-order valence-electron chi connectivity index (χ1n) is 9.66. The molecule has 1 N–H and O–H groups in total. The van der Waals surface area contributed by atoms with Gasteiger partial charge in [-0.2, -0.15) is 4.31 Å². The van der Waals surface area contributed by atoms with Gasteiger partial charge in [0, 0.05) is 32.2 Å². The molecule has 0 radical (unpaired) electrons. The summed E-state index contributed by atoms with van der Waals surface area (Å²) < 4.78 is 26.9. The predicted molar refractivity (Wildman–Crippen MR) is 99.1 cm³/mol. The van der Waals surface area contributed by atoms with Crippen molar-refractivity contribution in [1.82, 2.24) is 14.5 Å². The number of rotatable bonds is 3. The van der Waals surface area contributed by atoms with Crippen LogP contribution in [0.2, 0.25) is 0 Å². The van der Waals surface area contributed by atoms with Crippen LogP contribution in [0.1, 0.15) is 32.1 Å². The lowest BCUT2D eigenvalue weighted by atomic mass is 9.85. The maximum absolute atomic E-state index is 12.9. The van der Waals surface area contributed by atoms with Crippen LogP contribution in [-0.4, -0.2) is 61.8 Å². The summed E-state index contributed by atoms with van der Waals surface area (Å²) in [5.41, 5.74) is 0. The van der Waals surface area contributed by atoms with Crippen LogP contribution in [0.4, 0.5) is 0 Å². The molecule has 0 bridgehead atoms. The highest BCUT2D eigenvalue weighted by Crippen LogP contribution is 2.33. The Morgan fingerprint density at radius 2 is 1.69 bits per heavy atom. The Bertz CT molecular complexity index is 731. The number of hydrogen-bond donors (Lipinski definition) is 1. The van der Waals surface area contributed by atoms with Gasteiger partial charge in [-0.1, -0.05) is 31.0 Å². The molecule has 3 unspecified atom stereocenters. The fourth-order valence-corrected chi connectivity index (χ4v) is 6.06. The van der Waals surface area contributed by atoms with Crippen LogP contribution in [0.15, 0.2) is 35.2 Å². The fourth-order valence-electron chi connectivity index (χ4n) is 4.62. The molecule has 0 aromatic heterocycles. The molecular formula is C19H27N3O3S. The smallest absolute Gasteiger partial charge is 0.243 e. The van der Waals surface area contributed by atoms with Gasteiger partial charge < -0.3 is 10.2 Å². The molecule has 2 saturated heterocycles. The van der Waals surface area contributed by atoms with E-state index in [1.165, 1.54) is 30.0 Å². The Kier molecular flexibility index (Phi) is 5.03. The third-order valence-electron chi connectivity index (χ3n) is 6.09. The van der Waals surface area contributed by atoms with Gasteiger partial charge in [-0.05, 0) is 37.3 Å². The summed E-state index contributed by atoms with van der Waals surface area (Å²) in [6.07, 6.45) is 5.87. The molecule has 1 aliphatic carbocycles. The lowest BCUT2D eigenvalue weighted by Crippen LogP contribution is -2.54. The molecule has 26 heavy (non-hydrogen) atoms. The molecule has 1 saturated carbocycles. The largest absolute Gasteiger partial charge is 0.339 e. The topological polar surface area (TPSA) is 69.7 Å². The molecule has 0 spiro atoms. The van der Waals surface area contributed by atoms with Gasteiger partial charge in [0.25, 0.3) is 0 Å². The highest BCUT2D eigenvalue weighted by atomic mass is 32.2. The number of nitrogens with zero attached hydrogens (tertiary/aromatic N) is 2. The Labute approximate surface area is 155 Å². The first-order valence-corrected chi connectivity index (χ1v) is 11.1. The Morgan fingerprint density at radius 1 is 1.00 bits per heavy atom. The number of sulfonamides is 1. The Morgan fingerprint density at radius 3 is 2.38 bits per heavy atom. The van der Waals surface area contributed by atoms with Crippen LogP contribution in [-0.2, 0) is 14.8 Å². The second kappa shape index (κ2) is 7.29. The maximum atomic E-state index is 12.9. The van der Waals surface area contributed by atoms with E-state index in [9.17, 15) is 13.2 Å². The number of nitrogens with one attached hydrogen (secondary N) is 1. The number of benzene rings is 1. The fraction of sp³-hybridized carbons (Fsp3) is 0.632. The summed E-state index contributed by atoms with van der Waals surface area (Å²) in [6.45, 7) is 1.67. The van der Waals surface area contributed by atoms with Gasteiger partial charge in [-0.3, -0.25) is 4.79 Å². The molecule has 3 aliphatic rings. The Hall–Kier alpha value is -1.44. The van der Waals surface area contributed by atoms with E-state index in [2.05, 4.69) is 5.32 Å². The summed E-state index contributed by atoms with van der Waals surface area (Å²) in [6, 6.07) is 8.93. The van der Waals surface area contributed by atoms with E-state index in [0.717, 1.165) is 6.42 Å².